The van der Waals surface area contributed by atoms with Crippen molar-refractivity contribution >= 4 is 37.5 Å². The largest absolute Gasteiger partial charge is 0.354 e. The lowest BCUT2D eigenvalue weighted by Gasteiger charge is -2.07. The zero-order valence-corrected chi connectivity index (χ0v) is 18.1. The molecular weight excluding hydrogens is 432 g/mol. The monoisotopic (exact) mass is 452 g/mol. The Balaban J connectivity index is 1.31. The van der Waals surface area contributed by atoms with Gasteiger partial charge in [0.1, 0.15) is 9.90 Å². The number of hydrogen-bond acceptors (Lipinski definition) is 6. The summed E-state index contributed by atoms with van der Waals surface area (Å²) in [4.78, 5) is 20.7. The maximum Gasteiger partial charge on any atom is 0.242 e. The Hall–Kier alpha value is -3.14. The maximum atomic E-state index is 12.2. The van der Waals surface area contributed by atoms with Crippen LogP contribution in [0.5, 0.6) is 0 Å². The first-order valence-corrected chi connectivity index (χ1v) is 11.9. The fraction of sp³-hybridized carbons (Fsp3) is 0.136. The molecule has 0 bridgehead atoms. The molecule has 9 heteroatoms. The number of hydrogen-bond donors (Lipinski definition) is 2. The van der Waals surface area contributed by atoms with Crippen molar-refractivity contribution in [1.29, 1.82) is 0 Å². The van der Waals surface area contributed by atoms with Crippen molar-refractivity contribution in [2.24, 2.45) is 0 Å². The standard InChI is InChI=1S/C22H20N4O3S2/c27-21(24-11-12-25-31(28,29)18-7-4-10-23-15-18)14-22-26-19-9-8-17(13-20(19)30-22)16-5-2-1-3-6-16/h1-10,13,15,25H,11-12,14H2,(H,24,27). The SMILES string of the molecule is O=C(Cc1nc2ccc(-c3ccccc3)cc2s1)NCCNS(=O)(=O)c1cccnc1. The first-order chi connectivity index (χ1) is 15.0. The van der Waals surface area contributed by atoms with E-state index in [1.165, 1.54) is 29.8 Å². The minimum Gasteiger partial charge on any atom is -0.354 e. The minimum atomic E-state index is -3.64. The summed E-state index contributed by atoms with van der Waals surface area (Å²) >= 11 is 1.48. The van der Waals surface area contributed by atoms with E-state index in [0.717, 1.165) is 21.3 Å². The summed E-state index contributed by atoms with van der Waals surface area (Å²) in [6, 6.07) is 19.2. The van der Waals surface area contributed by atoms with Gasteiger partial charge in [-0.2, -0.15) is 0 Å². The number of fused-ring (bicyclic) bond motifs is 1. The number of aromatic nitrogens is 2. The van der Waals surface area contributed by atoms with Crippen molar-refractivity contribution in [3.8, 4) is 11.1 Å². The van der Waals surface area contributed by atoms with Gasteiger partial charge >= 0.3 is 0 Å². The number of pyridine rings is 1. The molecule has 4 rings (SSSR count). The molecule has 0 saturated heterocycles. The zero-order chi connectivity index (χ0) is 21.7. The van der Waals surface area contributed by atoms with Gasteiger partial charge in [0.25, 0.3) is 0 Å². The predicted molar refractivity (Wildman–Crippen MR) is 121 cm³/mol. The van der Waals surface area contributed by atoms with Gasteiger partial charge in [-0.3, -0.25) is 9.78 Å². The van der Waals surface area contributed by atoms with E-state index < -0.39 is 10.0 Å². The van der Waals surface area contributed by atoms with Crippen LogP contribution in [0.2, 0.25) is 0 Å². The highest BCUT2D eigenvalue weighted by atomic mass is 32.2. The molecule has 0 atom stereocenters. The highest BCUT2D eigenvalue weighted by Gasteiger charge is 2.14. The van der Waals surface area contributed by atoms with Gasteiger partial charge in [-0.25, -0.2) is 18.1 Å². The maximum absolute atomic E-state index is 12.2. The summed E-state index contributed by atoms with van der Waals surface area (Å²) in [7, 11) is -3.64. The Bertz CT molecular complexity index is 1290. The van der Waals surface area contributed by atoms with E-state index in [1.54, 1.807) is 6.07 Å². The smallest absolute Gasteiger partial charge is 0.242 e. The summed E-state index contributed by atoms with van der Waals surface area (Å²) < 4.78 is 27.7. The second-order valence-corrected chi connectivity index (χ2v) is 9.65. The van der Waals surface area contributed by atoms with Crippen LogP contribution < -0.4 is 10.0 Å². The number of sulfonamides is 1. The lowest BCUT2D eigenvalue weighted by molar-refractivity contribution is -0.120. The van der Waals surface area contributed by atoms with Crippen LogP contribution in [0.15, 0.2) is 78.0 Å². The van der Waals surface area contributed by atoms with Crippen molar-refractivity contribution in [1.82, 2.24) is 20.0 Å². The van der Waals surface area contributed by atoms with Gasteiger partial charge in [-0.15, -0.1) is 11.3 Å². The highest BCUT2D eigenvalue weighted by molar-refractivity contribution is 7.89. The van der Waals surface area contributed by atoms with Crippen molar-refractivity contribution in [3.63, 3.8) is 0 Å². The van der Waals surface area contributed by atoms with Crippen LogP contribution in [0.25, 0.3) is 21.3 Å². The Morgan fingerprint density at radius 1 is 0.968 bits per heavy atom. The van der Waals surface area contributed by atoms with Crippen molar-refractivity contribution in [2.75, 3.05) is 13.1 Å². The molecule has 31 heavy (non-hydrogen) atoms. The van der Waals surface area contributed by atoms with E-state index in [-0.39, 0.29) is 30.3 Å². The molecule has 2 N–H and O–H groups in total. The summed E-state index contributed by atoms with van der Waals surface area (Å²) in [5.41, 5.74) is 3.09. The topological polar surface area (TPSA) is 101 Å². The Labute approximate surface area is 184 Å². The van der Waals surface area contributed by atoms with E-state index >= 15 is 0 Å². The van der Waals surface area contributed by atoms with Gasteiger partial charge in [-0.05, 0) is 35.4 Å². The molecule has 0 aliphatic rings. The number of rotatable bonds is 8. The Morgan fingerprint density at radius 2 is 1.81 bits per heavy atom. The normalized spacial score (nSPS) is 11.5. The van der Waals surface area contributed by atoms with Crippen LogP contribution in [0.4, 0.5) is 0 Å². The molecule has 0 fully saturated rings. The second kappa shape index (κ2) is 9.34. The van der Waals surface area contributed by atoms with Gasteiger partial charge in [-0.1, -0.05) is 36.4 Å². The van der Waals surface area contributed by atoms with Crippen LogP contribution in [0.1, 0.15) is 5.01 Å². The van der Waals surface area contributed by atoms with E-state index in [2.05, 4.69) is 38.2 Å². The van der Waals surface area contributed by atoms with E-state index in [4.69, 9.17) is 0 Å². The molecule has 0 aliphatic carbocycles. The van der Waals surface area contributed by atoms with Crippen molar-refractivity contribution in [2.45, 2.75) is 11.3 Å². The number of carbonyl (C=O) groups is 1. The number of nitrogens with zero attached hydrogens (tertiary/aromatic N) is 2. The Kier molecular flexibility index (Phi) is 6.36. The van der Waals surface area contributed by atoms with Crippen LogP contribution in [0.3, 0.4) is 0 Å². The Morgan fingerprint density at radius 3 is 2.58 bits per heavy atom. The number of thiazole rings is 1. The van der Waals surface area contributed by atoms with Gasteiger partial charge in [0.05, 0.1) is 16.6 Å². The van der Waals surface area contributed by atoms with E-state index in [9.17, 15) is 13.2 Å². The number of amides is 1. The molecule has 7 nitrogen and oxygen atoms in total. The summed E-state index contributed by atoms with van der Waals surface area (Å²) in [5.74, 6) is -0.206. The van der Waals surface area contributed by atoms with E-state index in [1.807, 2.05) is 30.3 Å². The zero-order valence-electron chi connectivity index (χ0n) is 16.5. The molecule has 1 amide bonds. The number of benzene rings is 2. The fourth-order valence-electron chi connectivity index (χ4n) is 3.03. The molecule has 4 aromatic rings. The van der Waals surface area contributed by atoms with Gasteiger partial charge in [0.15, 0.2) is 0 Å². The summed E-state index contributed by atoms with van der Waals surface area (Å²) in [6.07, 6.45) is 2.93. The van der Waals surface area contributed by atoms with E-state index in [0.29, 0.717) is 5.01 Å². The molecule has 0 spiro atoms. The van der Waals surface area contributed by atoms with Crippen LogP contribution in [0, 0.1) is 0 Å². The highest BCUT2D eigenvalue weighted by Crippen LogP contribution is 2.28. The molecule has 2 aromatic carbocycles. The number of carbonyl (C=O) groups excluding carboxylic acids is 1. The molecule has 2 aromatic heterocycles. The van der Waals surface area contributed by atoms with Crippen LogP contribution in [-0.4, -0.2) is 37.4 Å². The third-order valence-corrected chi connectivity index (χ3v) is 7.00. The van der Waals surface area contributed by atoms with Crippen molar-refractivity contribution < 1.29 is 13.2 Å². The average molecular weight is 453 g/mol. The molecule has 0 unspecified atom stereocenters. The third-order valence-electron chi connectivity index (χ3n) is 4.54. The van der Waals surface area contributed by atoms with Gasteiger partial charge in [0, 0.05) is 25.5 Å². The first-order valence-electron chi connectivity index (χ1n) is 9.62. The summed E-state index contributed by atoms with van der Waals surface area (Å²) in [6.45, 7) is 0.268. The van der Waals surface area contributed by atoms with Gasteiger partial charge in [0.2, 0.25) is 15.9 Å². The van der Waals surface area contributed by atoms with Crippen LogP contribution >= 0.6 is 11.3 Å². The quantitative estimate of drug-likeness (QED) is 0.400. The lowest BCUT2D eigenvalue weighted by Crippen LogP contribution is -2.35. The van der Waals surface area contributed by atoms with Crippen LogP contribution in [-0.2, 0) is 21.2 Å². The second-order valence-electron chi connectivity index (χ2n) is 6.77. The lowest BCUT2D eigenvalue weighted by atomic mass is 10.1. The van der Waals surface area contributed by atoms with Crippen molar-refractivity contribution in [3.05, 3.63) is 78.1 Å². The molecule has 158 valence electrons. The average Bonchev–Trinajstić information content (AvgIpc) is 3.19. The van der Waals surface area contributed by atoms with Gasteiger partial charge < -0.3 is 5.32 Å². The molecule has 2 heterocycles. The fourth-order valence-corrected chi connectivity index (χ4v) is 5.03. The molecule has 0 saturated carbocycles. The first kappa shape index (κ1) is 21.1. The number of nitrogens with one attached hydrogen (secondary N) is 2. The molecule has 0 radical (unpaired) electrons. The third kappa shape index (κ3) is 5.32. The molecular formula is C22H20N4O3S2. The summed E-state index contributed by atoms with van der Waals surface area (Å²) in [5, 5.41) is 3.44. The minimum absolute atomic E-state index is 0.0866. The molecule has 0 aliphatic heterocycles. The predicted octanol–water partition coefficient (Wildman–Crippen LogP) is 3.00.